The van der Waals surface area contributed by atoms with Gasteiger partial charge in [-0.25, -0.2) is 26.8 Å². The minimum Gasteiger partial charge on any atom is -0.347 e. The molecule has 0 bridgehead atoms. The van der Waals surface area contributed by atoms with Crippen LogP contribution >= 0.6 is 0 Å². The van der Waals surface area contributed by atoms with Crippen LogP contribution in [-0.2, 0) is 25.6 Å². The molecule has 0 spiro atoms. The highest BCUT2D eigenvalue weighted by Gasteiger charge is 2.49. The molecule has 2 atom stereocenters. The van der Waals surface area contributed by atoms with Gasteiger partial charge in [-0.15, -0.1) is 0 Å². The summed E-state index contributed by atoms with van der Waals surface area (Å²) >= 11 is 0. The van der Waals surface area contributed by atoms with E-state index in [0.29, 0.717) is 17.2 Å². The van der Waals surface area contributed by atoms with Gasteiger partial charge in [-0.1, -0.05) is 0 Å². The van der Waals surface area contributed by atoms with Gasteiger partial charge in [-0.3, -0.25) is 0 Å². The molecule has 2 aliphatic rings. The molecule has 1 aromatic heterocycles. The van der Waals surface area contributed by atoms with Crippen molar-refractivity contribution in [1.82, 2.24) is 14.3 Å². The molecule has 3 rings (SSSR count). The van der Waals surface area contributed by atoms with Gasteiger partial charge in [0.25, 0.3) is 0 Å². The summed E-state index contributed by atoms with van der Waals surface area (Å²) in [7, 11) is -3.21. The molecule has 0 aromatic carbocycles. The van der Waals surface area contributed by atoms with Crippen molar-refractivity contribution in [3.8, 4) is 0 Å². The van der Waals surface area contributed by atoms with Crippen molar-refractivity contribution >= 4 is 25.8 Å². The molecule has 3 heterocycles. The molecule has 0 N–H and O–H groups in total. The summed E-state index contributed by atoms with van der Waals surface area (Å²) in [5, 5.41) is -0.721. The molecule has 1 fully saturated rings. The molecule has 128 valence electrons. The minimum atomic E-state index is -3.42. The SMILES string of the molecule is CCS(=O)(=O)N1C[C@@H]2c3nc(N(C)C)ncc3CS(=O)(=O)[C@@H]2C1. The van der Waals surface area contributed by atoms with Gasteiger partial charge < -0.3 is 4.90 Å². The topological polar surface area (TPSA) is 101 Å². The number of sulfonamides is 1. The number of anilines is 1. The molecule has 0 saturated carbocycles. The number of rotatable bonds is 3. The lowest BCUT2D eigenvalue weighted by atomic mass is 10.00. The zero-order valence-electron chi connectivity index (χ0n) is 13.3. The molecule has 23 heavy (non-hydrogen) atoms. The number of fused-ring (bicyclic) bond motifs is 3. The summed E-state index contributed by atoms with van der Waals surface area (Å²) in [6.45, 7) is 1.74. The van der Waals surface area contributed by atoms with Crippen LogP contribution in [0.3, 0.4) is 0 Å². The van der Waals surface area contributed by atoms with E-state index in [-0.39, 0.29) is 24.6 Å². The van der Waals surface area contributed by atoms with Gasteiger partial charge >= 0.3 is 0 Å². The van der Waals surface area contributed by atoms with Crippen LogP contribution in [0.2, 0.25) is 0 Å². The average Bonchev–Trinajstić information content (AvgIpc) is 2.94. The smallest absolute Gasteiger partial charge is 0.225 e. The third-order valence-corrected chi connectivity index (χ3v) is 8.37. The standard InChI is InChI=1S/C13H20N4O4S2/c1-4-23(20,21)17-6-10-11(7-17)22(18,19)8-9-5-14-13(16(2)3)15-12(9)10/h5,10-11H,4,6-8H2,1-3H3/t10-,11+/m0/s1. The molecule has 0 radical (unpaired) electrons. The van der Waals surface area contributed by atoms with Gasteiger partial charge in [0.05, 0.1) is 22.4 Å². The Morgan fingerprint density at radius 2 is 2.04 bits per heavy atom. The van der Waals surface area contributed by atoms with Crippen molar-refractivity contribution in [2.75, 3.05) is 37.8 Å². The van der Waals surface area contributed by atoms with Gasteiger partial charge in [0, 0.05) is 44.9 Å². The number of hydrogen-bond acceptors (Lipinski definition) is 7. The molecule has 2 aliphatic heterocycles. The fourth-order valence-corrected chi connectivity index (χ4v) is 6.38. The van der Waals surface area contributed by atoms with Gasteiger partial charge in [-0.2, -0.15) is 4.31 Å². The van der Waals surface area contributed by atoms with Crippen LogP contribution in [0, 0.1) is 0 Å². The Hall–Kier alpha value is -1.26. The van der Waals surface area contributed by atoms with Crippen LogP contribution in [0.25, 0.3) is 0 Å². The molecule has 0 aliphatic carbocycles. The van der Waals surface area contributed by atoms with E-state index in [1.807, 2.05) is 0 Å². The molecule has 0 amide bonds. The maximum atomic E-state index is 12.5. The molecule has 1 aromatic rings. The predicted molar refractivity (Wildman–Crippen MR) is 86.5 cm³/mol. The zero-order chi connectivity index (χ0) is 17.0. The van der Waals surface area contributed by atoms with E-state index in [1.165, 1.54) is 4.31 Å². The summed E-state index contributed by atoms with van der Waals surface area (Å²) in [4.78, 5) is 10.4. The fourth-order valence-electron chi connectivity index (χ4n) is 3.16. The highest BCUT2D eigenvalue weighted by molar-refractivity contribution is 7.91. The minimum absolute atomic E-state index is 0.0178. The van der Waals surface area contributed by atoms with E-state index >= 15 is 0 Å². The lowest BCUT2D eigenvalue weighted by Gasteiger charge is -2.27. The van der Waals surface area contributed by atoms with Crippen molar-refractivity contribution < 1.29 is 16.8 Å². The van der Waals surface area contributed by atoms with Crippen LogP contribution in [0.5, 0.6) is 0 Å². The predicted octanol–water partition coefficient (Wildman–Crippen LogP) is -0.411. The first-order valence-electron chi connectivity index (χ1n) is 7.38. The molecule has 10 heteroatoms. The number of sulfone groups is 1. The third kappa shape index (κ3) is 2.72. The maximum Gasteiger partial charge on any atom is 0.225 e. The normalized spacial score (nSPS) is 26.6. The van der Waals surface area contributed by atoms with E-state index in [4.69, 9.17) is 0 Å². The van der Waals surface area contributed by atoms with Crippen LogP contribution in [0.15, 0.2) is 6.20 Å². The largest absolute Gasteiger partial charge is 0.347 e. The highest BCUT2D eigenvalue weighted by Crippen LogP contribution is 2.40. The van der Waals surface area contributed by atoms with Gasteiger partial charge in [-0.05, 0) is 6.92 Å². The third-order valence-electron chi connectivity index (χ3n) is 4.45. The lowest BCUT2D eigenvalue weighted by Crippen LogP contribution is -2.36. The van der Waals surface area contributed by atoms with Gasteiger partial charge in [0.1, 0.15) is 0 Å². The van der Waals surface area contributed by atoms with Crippen LogP contribution in [0.1, 0.15) is 24.1 Å². The summed E-state index contributed by atoms with van der Waals surface area (Å²) in [6.07, 6.45) is 1.54. The van der Waals surface area contributed by atoms with Crippen LogP contribution in [0.4, 0.5) is 5.95 Å². The summed E-state index contributed by atoms with van der Waals surface area (Å²) < 4.78 is 50.6. The molecular weight excluding hydrogens is 340 g/mol. The van der Waals surface area contributed by atoms with Crippen molar-refractivity contribution in [2.24, 2.45) is 0 Å². The quantitative estimate of drug-likeness (QED) is 0.722. The van der Waals surface area contributed by atoms with Crippen molar-refractivity contribution in [1.29, 1.82) is 0 Å². The van der Waals surface area contributed by atoms with E-state index in [9.17, 15) is 16.8 Å². The van der Waals surface area contributed by atoms with E-state index in [1.54, 1.807) is 32.1 Å². The zero-order valence-corrected chi connectivity index (χ0v) is 14.9. The van der Waals surface area contributed by atoms with Gasteiger partial charge in [0.15, 0.2) is 9.84 Å². The maximum absolute atomic E-state index is 12.5. The Morgan fingerprint density at radius 1 is 1.35 bits per heavy atom. The average molecular weight is 360 g/mol. The first kappa shape index (κ1) is 16.6. The summed E-state index contributed by atoms with van der Waals surface area (Å²) in [6, 6.07) is 0. The van der Waals surface area contributed by atoms with E-state index in [0.717, 1.165) is 0 Å². The Kier molecular flexibility index (Phi) is 3.88. The number of nitrogens with zero attached hydrogens (tertiary/aromatic N) is 4. The second-order valence-corrected chi connectivity index (χ2v) is 10.6. The monoisotopic (exact) mass is 360 g/mol. The highest BCUT2D eigenvalue weighted by atomic mass is 32.2. The Morgan fingerprint density at radius 3 is 2.65 bits per heavy atom. The number of aromatic nitrogens is 2. The Balaban J connectivity index is 2.08. The van der Waals surface area contributed by atoms with Gasteiger partial charge in [0.2, 0.25) is 16.0 Å². The summed E-state index contributed by atoms with van der Waals surface area (Å²) in [5.41, 5.74) is 1.24. The van der Waals surface area contributed by atoms with E-state index in [2.05, 4.69) is 9.97 Å². The molecular formula is C13H20N4O4S2. The van der Waals surface area contributed by atoms with Crippen molar-refractivity contribution in [3.63, 3.8) is 0 Å². The second-order valence-electron chi connectivity index (χ2n) is 6.14. The lowest BCUT2D eigenvalue weighted by molar-refractivity contribution is 0.473. The van der Waals surface area contributed by atoms with Crippen LogP contribution < -0.4 is 4.90 Å². The molecule has 8 nitrogen and oxygen atoms in total. The fraction of sp³-hybridized carbons (Fsp3) is 0.692. The van der Waals surface area contributed by atoms with Crippen LogP contribution in [-0.4, -0.2) is 69.3 Å². The second kappa shape index (κ2) is 5.38. The van der Waals surface area contributed by atoms with Crippen molar-refractivity contribution in [2.45, 2.75) is 23.8 Å². The molecule has 1 saturated heterocycles. The number of hydrogen-bond donors (Lipinski definition) is 0. The van der Waals surface area contributed by atoms with E-state index < -0.39 is 31.0 Å². The Bertz CT molecular complexity index is 836. The molecule has 0 unspecified atom stereocenters. The Labute approximate surface area is 136 Å². The first-order valence-corrected chi connectivity index (χ1v) is 10.7. The summed E-state index contributed by atoms with van der Waals surface area (Å²) in [5.74, 6) is -0.0890. The first-order chi connectivity index (χ1) is 10.7. The van der Waals surface area contributed by atoms with Crippen molar-refractivity contribution in [3.05, 3.63) is 17.5 Å².